The van der Waals surface area contributed by atoms with E-state index in [0.717, 1.165) is 12.8 Å². The molecule has 0 saturated heterocycles. The van der Waals surface area contributed by atoms with Crippen molar-refractivity contribution in [2.24, 2.45) is 0 Å². The predicted molar refractivity (Wildman–Crippen MR) is 66.7 cm³/mol. The lowest BCUT2D eigenvalue weighted by Gasteiger charge is -2.00. The van der Waals surface area contributed by atoms with Crippen LogP contribution in [-0.2, 0) is 19.3 Å². The molecule has 2 rings (SSSR count). The van der Waals surface area contributed by atoms with E-state index in [0.29, 0.717) is 12.3 Å². The number of nitrogens with zero attached hydrogens (tertiary/aromatic N) is 1. The van der Waals surface area contributed by atoms with Gasteiger partial charge in [-0.2, -0.15) is 0 Å². The molecule has 2 aromatic rings. The minimum atomic E-state index is -1.08. The topological polar surface area (TPSA) is 63.3 Å². The van der Waals surface area contributed by atoms with Gasteiger partial charge in [0, 0.05) is 6.42 Å². The Balaban J connectivity index is 1.95. The molecule has 0 saturated carbocycles. The van der Waals surface area contributed by atoms with Gasteiger partial charge in [0.2, 0.25) is 5.76 Å². The Bertz CT molecular complexity index is 528. The molecule has 4 nitrogen and oxygen atoms in total. The van der Waals surface area contributed by atoms with Crippen molar-refractivity contribution in [1.82, 2.24) is 4.98 Å². The van der Waals surface area contributed by atoms with E-state index < -0.39 is 5.97 Å². The number of aryl methyl sites for hydroxylation is 3. The highest BCUT2D eigenvalue weighted by Crippen LogP contribution is 2.10. The molecule has 0 aliphatic carbocycles. The maximum atomic E-state index is 10.6. The van der Waals surface area contributed by atoms with E-state index in [9.17, 15) is 4.79 Å². The summed E-state index contributed by atoms with van der Waals surface area (Å²) in [6.07, 6.45) is 3.68. The number of carboxylic acid groups (broad SMARTS) is 1. The Morgan fingerprint density at radius 1 is 1.22 bits per heavy atom. The number of hydrogen-bond acceptors (Lipinski definition) is 3. The van der Waals surface area contributed by atoms with Gasteiger partial charge in [-0.1, -0.05) is 31.2 Å². The number of hydrogen-bond donors (Lipinski definition) is 1. The largest absolute Gasteiger partial charge is 0.475 e. The van der Waals surface area contributed by atoms with Gasteiger partial charge < -0.3 is 9.52 Å². The summed E-state index contributed by atoms with van der Waals surface area (Å²) in [6.45, 7) is 2.12. The third-order valence-corrected chi connectivity index (χ3v) is 2.82. The van der Waals surface area contributed by atoms with E-state index in [1.54, 1.807) is 0 Å². The van der Waals surface area contributed by atoms with E-state index >= 15 is 0 Å². The molecule has 0 unspecified atom stereocenters. The molecule has 0 bridgehead atoms. The van der Waals surface area contributed by atoms with Gasteiger partial charge in [0.25, 0.3) is 0 Å². The summed E-state index contributed by atoms with van der Waals surface area (Å²) in [7, 11) is 0. The van der Waals surface area contributed by atoms with Gasteiger partial charge in [-0.05, 0) is 24.0 Å². The molecule has 0 amide bonds. The Morgan fingerprint density at radius 3 is 2.44 bits per heavy atom. The molecule has 1 N–H and O–H groups in total. The highest BCUT2D eigenvalue weighted by Gasteiger charge is 2.10. The SMILES string of the molecule is CCc1ccc(CCc2ncc(C(=O)O)o2)cc1. The maximum absolute atomic E-state index is 10.6. The van der Waals surface area contributed by atoms with Crippen molar-refractivity contribution in [2.75, 3.05) is 0 Å². The Hall–Kier alpha value is -2.10. The monoisotopic (exact) mass is 245 g/mol. The molecule has 0 spiro atoms. The number of rotatable bonds is 5. The summed E-state index contributed by atoms with van der Waals surface area (Å²) < 4.78 is 5.10. The molecule has 1 aromatic carbocycles. The molecule has 0 atom stereocenters. The van der Waals surface area contributed by atoms with Gasteiger partial charge in [-0.15, -0.1) is 0 Å². The van der Waals surface area contributed by atoms with Crippen LogP contribution in [0.5, 0.6) is 0 Å². The minimum Gasteiger partial charge on any atom is -0.475 e. The Morgan fingerprint density at radius 2 is 1.89 bits per heavy atom. The van der Waals surface area contributed by atoms with Crippen LogP contribution >= 0.6 is 0 Å². The van der Waals surface area contributed by atoms with Crippen molar-refractivity contribution >= 4 is 5.97 Å². The fraction of sp³-hybridized carbons (Fsp3) is 0.286. The summed E-state index contributed by atoms with van der Waals surface area (Å²) in [5, 5.41) is 8.71. The fourth-order valence-corrected chi connectivity index (χ4v) is 1.72. The van der Waals surface area contributed by atoms with Crippen molar-refractivity contribution in [3.05, 3.63) is 53.2 Å². The van der Waals surface area contributed by atoms with Crippen LogP contribution in [0.3, 0.4) is 0 Å². The highest BCUT2D eigenvalue weighted by atomic mass is 16.4. The Labute approximate surface area is 105 Å². The summed E-state index contributed by atoms with van der Waals surface area (Å²) in [5.74, 6) is -0.723. The first-order valence-corrected chi connectivity index (χ1v) is 5.95. The van der Waals surface area contributed by atoms with Crippen LogP contribution in [0.2, 0.25) is 0 Å². The van der Waals surface area contributed by atoms with Crippen LogP contribution in [0.1, 0.15) is 34.5 Å². The normalized spacial score (nSPS) is 10.5. The van der Waals surface area contributed by atoms with E-state index in [1.165, 1.54) is 17.3 Å². The van der Waals surface area contributed by atoms with Crippen molar-refractivity contribution in [3.63, 3.8) is 0 Å². The summed E-state index contributed by atoms with van der Waals surface area (Å²) in [5.41, 5.74) is 2.50. The van der Waals surface area contributed by atoms with Crippen LogP contribution in [0.25, 0.3) is 0 Å². The Kier molecular flexibility index (Phi) is 3.77. The van der Waals surface area contributed by atoms with Crippen molar-refractivity contribution in [2.45, 2.75) is 26.2 Å². The quantitative estimate of drug-likeness (QED) is 0.879. The van der Waals surface area contributed by atoms with Gasteiger partial charge in [0.05, 0.1) is 6.20 Å². The van der Waals surface area contributed by atoms with E-state index in [2.05, 4.69) is 36.2 Å². The third-order valence-electron chi connectivity index (χ3n) is 2.82. The highest BCUT2D eigenvalue weighted by molar-refractivity contribution is 5.83. The molecular formula is C14H15NO3. The van der Waals surface area contributed by atoms with Gasteiger partial charge >= 0.3 is 5.97 Å². The zero-order chi connectivity index (χ0) is 13.0. The molecule has 0 aliphatic heterocycles. The molecule has 0 aliphatic rings. The summed E-state index contributed by atoms with van der Waals surface area (Å²) >= 11 is 0. The van der Waals surface area contributed by atoms with Gasteiger partial charge in [-0.25, -0.2) is 9.78 Å². The standard InChI is InChI=1S/C14H15NO3/c1-2-10-3-5-11(6-4-10)7-8-13-15-9-12(18-13)14(16)17/h3-6,9H,2,7-8H2,1H3,(H,16,17). The van der Waals surface area contributed by atoms with E-state index in [1.807, 2.05) is 0 Å². The summed E-state index contributed by atoms with van der Waals surface area (Å²) in [4.78, 5) is 14.6. The van der Waals surface area contributed by atoms with Crippen molar-refractivity contribution in [1.29, 1.82) is 0 Å². The molecule has 1 aromatic heterocycles. The molecule has 4 heteroatoms. The number of aromatic nitrogens is 1. The van der Waals surface area contributed by atoms with Crippen molar-refractivity contribution < 1.29 is 14.3 Å². The molecular weight excluding hydrogens is 230 g/mol. The second-order valence-electron chi connectivity index (χ2n) is 4.09. The lowest BCUT2D eigenvalue weighted by molar-refractivity contribution is 0.0660. The van der Waals surface area contributed by atoms with Gasteiger partial charge in [0.1, 0.15) is 0 Å². The number of carboxylic acids is 1. The zero-order valence-electron chi connectivity index (χ0n) is 10.2. The number of carbonyl (C=O) groups is 1. The van der Waals surface area contributed by atoms with Crippen LogP contribution in [-0.4, -0.2) is 16.1 Å². The van der Waals surface area contributed by atoms with Crippen LogP contribution in [0.15, 0.2) is 34.9 Å². The van der Waals surface area contributed by atoms with Crippen LogP contribution in [0, 0.1) is 0 Å². The van der Waals surface area contributed by atoms with Crippen LogP contribution in [0.4, 0.5) is 0 Å². The molecule has 18 heavy (non-hydrogen) atoms. The second-order valence-corrected chi connectivity index (χ2v) is 4.09. The van der Waals surface area contributed by atoms with Crippen molar-refractivity contribution in [3.8, 4) is 0 Å². The lowest BCUT2D eigenvalue weighted by atomic mass is 10.1. The lowest BCUT2D eigenvalue weighted by Crippen LogP contribution is -1.93. The smallest absolute Gasteiger partial charge is 0.373 e. The number of aromatic carboxylic acids is 1. The van der Waals surface area contributed by atoms with E-state index in [-0.39, 0.29) is 5.76 Å². The zero-order valence-corrected chi connectivity index (χ0v) is 10.2. The number of benzene rings is 1. The average molecular weight is 245 g/mol. The predicted octanol–water partition coefficient (Wildman–Crippen LogP) is 2.72. The van der Waals surface area contributed by atoms with E-state index in [4.69, 9.17) is 9.52 Å². The molecule has 0 fully saturated rings. The third kappa shape index (κ3) is 2.97. The molecule has 1 heterocycles. The molecule has 0 radical (unpaired) electrons. The number of oxazole rings is 1. The fourth-order valence-electron chi connectivity index (χ4n) is 1.72. The van der Waals surface area contributed by atoms with Gasteiger partial charge in [-0.3, -0.25) is 0 Å². The van der Waals surface area contributed by atoms with Gasteiger partial charge in [0.15, 0.2) is 5.89 Å². The summed E-state index contributed by atoms with van der Waals surface area (Å²) in [6, 6.07) is 8.38. The maximum Gasteiger partial charge on any atom is 0.373 e. The second kappa shape index (κ2) is 5.49. The first-order valence-electron chi connectivity index (χ1n) is 5.95. The minimum absolute atomic E-state index is 0.105. The first kappa shape index (κ1) is 12.4. The molecule has 94 valence electrons. The first-order chi connectivity index (χ1) is 8.69. The average Bonchev–Trinajstić information content (AvgIpc) is 2.86. The van der Waals surface area contributed by atoms with Crippen LogP contribution < -0.4 is 0 Å².